The van der Waals surface area contributed by atoms with Gasteiger partial charge in [0.25, 0.3) is 11.8 Å². The number of ether oxygens (including phenoxy) is 1. The Labute approximate surface area is 284 Å². The van der Waals surface area contributed by atoms with Gasteiger partial charge in [-0.1, -0.05) is 47.5 Å². The van der Waals surface area contributed by atoms with Crippen molar-refractivity contribution in [3.63, 3.8) is 0 Å². The number of methoxy groups -OCH3 is 1. The number of hydrogen-bond donors (Lipinski definition) is 2. The number of phenols is 1. The first-order valence-corrected chi connectivity index (χ1v) is 15.5. The number of amides is 2. The highest BCUT2D eigenvalue weighted by Crippen LogP contribution is 2.64. The molecule has 1 saturated heterocycles. The van der Waals surface area contributed by atoms with Crippen molar-refractivity contribution in [3.05, 3.63) is 114 Å². The molecule has 1 saturated carbocycles. The van der Waals surface area contributed by atoms with Gasteiger partial charge in [0.05, 0.1) is 41.6 Å². The third-order valence-corrected chi connectivity index (χ3v) is 10.1. The summed E-state index contributed by atoms with van der Waals surface area (Å²) in [6.45, 7) is -0.0658. The zero-order valence-corrected chi connectivity index (χ0v) is 27.0. The molecule has 2 aromatic heterocycles. The van der Waals surface area contributed by atoms with Crippen LogP contribution in [0.2, 0.25) is 10.0 Å². The van der Waals surface area contributed by atoms with Gasteiger partial charge in [-0.25, -0.2) is 28.5 Å². The highest BCUT2D eigenvalue weighted by atomic mass is 35.5. The van der Waals surface area contributed by atoms with E-state index in [1.807, 2.05) is 0 Å². The number of nitrogens with one attached hydrogen (secondary N) is 1. The zero-order valence-electron chi connectivity index (χ0n) is 25.5. The van der Waals surface area contributed by atoms with E-state index in [4.69, 9.17) is 27.9 Å². The third-order valence-electron chi connectivity index (χ3n) is 9.56. The highest BCUT2D eigenvalue weighted by Gasteiger charge is 2.69. The van der Waals surface area contributed by atoms with E-state index in [-0.39, 0.29) is 30.0 Å². The number of rotatable bonds is 5. The summed E-state index contributed by atoms with van der Waals surface area (Å²) in [5.41, 5.74) is -0.805. The summed E-state index contributed by atoms with van der Waals surface area (Å²) >= 11 is 12.4. The van der Waals surface area contributed by atoms with Crippen molar-refractivity contribution in [2.75, 3.05) is 12.5 Å². The lowest BCUT2D eigenvalue weighted by Crippen LogP contribution is -2.53. The van der Waals surface area contributed by atoms with Gasteiger partial charge in [-0.15, -0.1) is 0 Å². The van der Waals surface area contributed by atoms with Gasteiger partial charge < -0.3 is 9.84 Å². The summed E-state index contributed by atoms with van der Waals surface area (Å²) in [4.78, 5) is 60.0. The van der Waals surface area contributed by atoms with E-state index in [0.29, 0.717) is 33.4 Å². The number of anilines is 1. The van der Waals surface area contributed by atoms with Gasteiger partial charge in [-0.2, -0.15) is 18.2 Å². The number of nitrogens with zero attached hydrogens (tertiary/aromatic N) is 5. The molecule has 0 spiro atoms. The quantitative estimate of drug-likeness (QED) is 0.229. The fraction of sp³-hybridized carbons (Fsp3) is 0.281. The molecule has 49 heavy (non-hydrogen) atoms. The number of phenolic OH excluding ortho intramolecular Hbond substituents is 1. The molecule has 12 nitrogen and oxygen atoms in total. The minimum absolute atomic E-state index is 0.0658. The molecule has 0 bridgehead atoms. The molecule has 2 N–H and O–H groups in total. The second-order valence-electron chi connectivity index (χ2n) is 11.9. The van der Waals surface area contributed by atoms with Crippen LogP contribution in [0.4, 0.5) is 19.0 Å². The number of halogens is 5. The fourth-order valence-corrected chi connectivity index (χ4v) is 7.80. The van der Waals surface area contributed by atoms with Crippen molar-refractivity contribution in [3.8, 4) is 11.5 Å². The van der Waals surface area contributed by atoms with Crippen LogP contribution in [0.25, 0.3) is 0 Å². The minimum Gasteiger partial charge on any atom is -0.508 e. The van der Waals surface area contributed by atoms with Crippen LogP contribution in [0.5, 0.6) is 11.5 Å². The smallest absolute Gasteiger partial charge is 0.417 e. The molecular formula is C32H25Cl2F3N6O6. The van der Waals surface area contributed by atoms with Gasteiger partial charge in [0, 0.05) is 29.7 Å². The summed E-state index contributed by atoms with van der Waals surface area (Å²) < 4.78 is 49.2. The van der Waals surface area contributed by atoms with Gasteiger partial charge in [-0.05, 0) is 47.9 Å². The summed E-state index contributed by atoms with van der Waals surface area (Å²) in [6, 6.07) is 10.4. The molecule has 4 aromatic rings. The number of fused-ring (bicyclic) bond motifs is 4. The molecular weight excluding hydrogens is 692 g/mol. The Morgan fingerprint density at radius 2 is 1.78 bits per heavy atom. The van der Waals surface area contributed by atoms with E-state index in [2.05, 4.69) is 10.4 Å². The summed E-state index contributed by atoms with van der Waals surface area (Å²) in [5, 5.41) is 11.9. The Hall–Kier alpha value is -5.02. The second kappa shape index (κ2) is 11.3. The largest absolute Gasteiger partial charge is 0.508 e. The molecule has 0 unspecified atom stereocenters. The second-order valence-corrected chi connectivity index (χ2v) is 12.7. The Morgan fingerprint density at radius 1 is 1.06 bits per heavy atom. The van der Waals surface area contributed by atoms with Crippen LogP contribution in [-0.4, -0.2) is 48.0 Å². The molecule has 3 aliphatic rings. The predicted octanol–water partition coefficient (Wildman–Crippen LogP) is 4.40. The first-order chi connectivity index (χ1) is 23.2. The summed E-state index contributed by atoms with van der Waals surface area (Å²) in [7, 11) is 2.69. The topological polar surface area (TPSA) is 141 Å². The molecule has 4 atom stereocenters. The number of carbonyl (C=O) groups excluding carboxylic acids is 2. The van der Waals surface area contributed by atoms with Crippen molar-refractivity contribution < 1.29 is 32.6 Å². The number of pyridine rings is 1. The van der Waals surface area contributed by atoms with Crippen LogP contribution in [0.1, 0.15) is 35.1 Å². The lowest BCUT2D eigenvalue weighted by atomic mass is 9.53. The summed E-state index contributed by atoms with van der Waals surface area (Å²) in [6.07, 6.45) is -2.72. The first-order valence-electron chi connectivity index (χ1n) is 14.8. The zero-order chi connectivity index (χ0) is 35.2. The highest BCUT2D eigenvalue weighted by molar-refractivity contribution is 6.33. The van der Waals surface area contributed by atoms with Crippen LogP contribution in [0, 0.1) is 5.92 Å². The molecule has 7 rings (SSSR count). The molecule has 0 radical (unpaired) electrons. The van der Waals surface area contributed by atoms with Crippen LogP contribution >= 0.6 is 23.2 Å². The molecule has 2 amide bonds. The monoisotopic (exact) mass is 716 g/mol. The van der Waals surface area contributed by atoms with Crippen molar-refractivity contribution in [1.29, 1.82) is 0 Å². The maximum absolute atomic E-state index is 15.1. The minimum atomic E-state index is -4.76. The number of hydrazine groups is 1. The standard InChI is InChI=1S/C32H25Cl2F3N6O6/c1-40-29(47)41-11-10-18-21(43(41)30(40)48)13-19-27(45)42(39-26-20(34)12-16(14-38-26)32(35,36)37)28(46)31(19,15-6-8-17(33)9-7-15)25(18)24-22(44)4-3-5-23(24)49-2/h3-10,12,14,19,21,25,44H,11,13H2,1-2H3,(H,38,39)/t19-,21+,25+,31+/m0/s1. The maximum Gasteiger partial charge on any atom is 0.417 e. The SMILES string of the molecule is COc1cccc(O)c1[C@H]1C2=CCn3c(=O)n(C)c(=O)n3[C@@H]2C[C@H]2C(=O)N(Nc3ncc(C(F)(F)F)cc3Cl)C(=O)[C@@]12c1ccc(Cl)cc1. The molecule has 17 heteroatoms. The van der Waals surface area contributed by atoms with Crippen LogP contribution in [-0.2, 0) is 34.8 Å². The van der Waals surface area contributed by atoms with E-state index >= 15 is 4.79 Å². The van der Waals surface area contributed by atoms with Crippen molar-refractivity contribution in [1.82, 2.24) is 23.9 Å². The van der Waals surface area contributed by atoms with Crippen LogP contribution in [0.3, 0.4) is 0 Å². The third kappa shape index (κ3) is 4.62. The van der Waals surface area contributed by atoms with Gasteiger partial charge in [0.15, 0.2) is 5.82 Å². The van der Waals surface area contributed by atoms with E-state index in [9.17, 15) is 32.7 Å². The van der Waals surface area contributed by atoms with Gasteiger partial charge >= 0.3 is 17.6 Å². The van der Waals surface area contributed by atoms with E-state index in [1.165, 1.54) is 47.8 Å². The number of benzene rings is 2. The Balaban J connectivity index is 1.50. The normalized spacial score (nSPS) is 23.1. The lowest BCUT2D eigenvalue weighted by molar-refractivity contribution is -0.139. The molecule has 4 heterocycles. The van der Waals surface area contributed by atoms with E-state index < -0.39 is 69.1 Å². The molecule has 2 fully saturated rings. The molecule has 2 aliphatic heterocycles. The Morgan fingerprint density at radius 3 is 2.43 bits per heavy atom. The molecule has 254 valence electrons. The number of carbonyl (C=O) groups is 2. The number of aromatic hydroxyl groups is 1. The van der Waals surface area contributed by atoms with Gasteiger partial charge in [0.2, 0.25) is 0 Å². The number of hydrogen-bond acceptors (Lipinski definition) is 8. The number of imide groups is 1. The van der Waals surface area contributed by atoms with Crippen molar-refractivity contribution in [2.24, 2.45) is 13.0 Å². The van der Waals surface area contributed by atoms with Gasteiger partial charge in [-0.3, -0.25) is 15.0 Å². The van der Waals surface area contributed by atoms with Crippen molar-refractivity contribution >= 4 is 40.8 Å². The maximum atomic E-state index is 15.1. The average molecular weight is 717 g/mol. The predicted molar refractivity (Wildman–Crippen MR) is 169 cm³/mol. The van der Waals surface area contributed by atoms with E-state index in [1.54, 1.807) is 24.3 Å². The summed E-state index contributed by atoms with van der Waals surface area (Å²) in [5.74, 6) is -4.65. The number of alkyl halides is 3. The van der Waals surface area contributed by atoms with Crippen LogP contribution < -0.4 is 21.5 Å². The lowest BCUT2D eigenvalue weighted by Gasteiger charge is -2.49. The molecule has 2 aromatic carbocycles. The molecule has 1 aliphatic carbocycles. The van der Waals surface area contributed by atoms with E-state index in [0.717, 1.165) is 4.57 Å². The number of aromatic nitrogens is 4. The Kier molecular flexibility index (Phi) is 7.48. The van der Waals surface area contributed by atoms with Crippen molar-refractivity contribution in [2.45, 2.75) is 36.5 Å². The van der Waals surface area contributed by atoms with Crippen LogP contribution in [0.15, 0.2) is 76.0 Å². The number of allylic oxidation sites excluding steroid dienone is 2. The van der Waals surface area contributed by atoms with Gasteiger partial charge in [0.1, 0.15) is 11.5 Å². The first kappa shape index (κ1) is 32.5. The average Bonchev–Trinajstić information content (AvgIpc) is 3.42. The fourth-order valence-electron chi connectivity index (χ4n) is 7.47. The Bertz CT molecular complexity index is 2210.